The second-order valence-corrected chi connectivity index (χ2v) is 14.6. The minimum atomic E-state index is -3.61. The fourth-order valence-corrected chi connectivity index (χ4v) is 6.90. The summed E-state index contributed by atoms with van der Waals surface area (Å²) in [5, 5.41) is 16.0. The van der Waals surface area contributed by atoms with Gasteiger partial charge in [0.25, 0.3) is 5.91 Å². The summed E-state index contributed by atoms with van der Waals surface area (Å²) in [4.78, 5) is 25.1. The largest absolute Gasteiger partial charge is 0.356 e. The van der Waals surface area contributed by atoms with E-state index in [1.54, 1.807) is 24.3 Å². The molecule has 0 aliphatic rings. The molecule has 1 heterocycles. The van der Waals surface area contributed by atoms with Crippen molar-refractivity contribution < 1.29 is 18.0 Å². The minimum absolute atomic E-state index is 0.0426. The Hall–Kier alpha value is -1.62. The van der Waals surface area contributed by atoms with Crippen LogP contribution in [0.3, 0.4) is 0 Å². The third-order valence-corrected chi connectivity index (χ3v) is 10.3. The number of thiophene rings is 1. The number of sulfonamides is 1. The highest BCUT2D eigenvalue weighted by Gasteiger charge is 2.16. The molecule has 0 saturated heterocycles. The maximum absolute atomic E-state index is 12.6. The van der Waals surface area contributed by atoms with E-state index in [0.29, 0.717) is 31.5 Å². The molecule has 1 aromatic heterocycles. The normalized spacial score (nSPS) is 11.5. The van der Waals surface area contributed by atoms with Gasteiger partial charge in [-0.1, -0.05) is 13.3 Å². The SMILES string of the molecule is CCNCCCNCCCCNCCCNC(=O)CCCCCNS(=O)(=O)c1ccc(CNC(=O)c2ccc(I)cc2)s1. The zero-order chi connectivity index (χ0) is 31.2. The molecule has 2 amide bonds. The second kappa shape index (κ2) is 22.8. The van der Waals surface area contributed by atoms with E-state index in [1.165, 1.54) is 0 Å². The average Bonchev–Trinajstić information content (AvgIpc) is 3.48. The van der Waals surface area contributed by atoms with Crippen molar-refractivity contribution in [2.75, 3.05) is 52.4 Å². The smallest absolute Gasteiger partial charge is 0.251 e. The molecular formula is C30H49IN6O4S2. The van der Waals surface area contributed by atoms with Gasteiger partial charge in [-0.15, -0.1) is 11.3 Å². The highest BCUT2D eigenvalue weighted by molar-refractivity contribution is 14.1. The first kappa shape index (κ1) is 37.6. The Labute approximate surface area is 275 Å². The van der Waals surface area contributed by atoms with Crippen LogP contribution < -0.4 is 31.3 Å². The van der Waals surface area contributed by atoms with Crippen molar-refractivity contribution >= 4 is 55.8 Å². The van der Waals surface area contributed by atoms with Crippen LogP contribution in [0.1, 0.15) is 73.5 Å². The highest BCUT2D eigenvalue weighted by atomic mass is 127. The van der Waals surface area contributed by atoms with Gasteiger partial charge in [0.05, 0.1) is 6.54 Å². The third kappa shape index (κ3) is 17.5. The summed E-state index contributed by atoms with van der Waals surface area (Å²) in [6.07, 6.45) is 6.97. The Bertz CT molecular complexity index is 1160. The Balaban J connectivity index is 1.44. The molecule has 2 aromatic rings. The van der Waals surface area contributed by atoms with Crippen molar-refractivity contribution in [1.29, 1.82) is 0 Å². The number of benzene rings is 1. The molecule has 13 heteroatoms. The first-order valence-corrected chi connectivity index (χ1v) is 18.7. The van der Waals surface area contributed by atoms with Gasteiger partial charge in [0.15, 0.2) is 0 Å². The molecule has 0 bridgehead atoms. The molecule has 0 unspecified atom stereocenters. The van der Waals surface area contributed by atoms with Crippen LogP contribution in [-0.4, -0.2) is 72.6 Å². The lowest BCUT2D eigenvalue weighted by molar-refractivity contribution is -0.121. The lowest BCUT2D eigenvalue weighted by atomic mass is 10.2. The molecule has 6 N–H and O–H groups in total. The summed E-state index contributed by atoms with van der Waals surface area (Å²) in [7, 11) is -3.61. The van der Waals surface area contributed by atoms with Crippen LogP contribution >= 0.6 is 33.9 Å². The van der Waals surface area contributed by atoms with E-state index in [4.69, 9.17) is 0 Å². The van der Waals surface area contributed by atoms with E-state index < -0.39 is 10.0 Å². The third-order valence-electron chi connectivity index (χ3n) is 6.57. The average molecular weight is 749 g/mol. The van der Waals surface area contributed by atoms with Crippen molar-refractivity contribution in [1.82, 2.24) is 31.3 Å². The van der Waals surface area contributed by atoms with Crippen molar-refractivity contribution in [3.8, 4) is 0 Å². The van der Waals surface area contributed by atoms with Gasteiger partial charge in [-0.05, 0) is 137 Å². The van der Waals surface area contributed by atoms with Gasteiger partial charge >= 0.3 is 0 Å². The number of rotatable bonds is 25. The van der Waals surface area contributed by atoms with Crippen LogP contribution in [0.15, 0.2) is 40.6 Å². The van der Waals surface area contributed by atoms with Gasteiger partial charge in [-0.2, -0.15) is 0 Å². The van der Waals surface area contributed by atoms with E-state index in [0.717, 1.165) is 97.6 Å². The van der Waals surface area contributed by atoms with E-state index in [-0.39, 0.29) is 22.6 Å². The van der Waals surface area contributed by atoms with Gasteiger partial charge < -0.3 is 26.6 Å². The summed E-state index contributed by atoms with van der Waals surface area (Å²) < 4.78 is 29.2. The standard InChI is InChI=1S/C30H49IN6O4S2/c1-2-32-19-8-20-33-17-6-7-18-34-21-9-22-35-28(38)10-4-3-5-23-37-43(40,41)29-16-15-27(42-29)24-36-30(39)25-11-13-26(31)14-12-25/h11-16,32-34,37H,2-10,17-24H2,1H3,(H,35,38)(H,36,39). The predicted molar refractivity (Wildman–Crippen MR) is 184 cm³/mol. The zero-order valence-electron chi connectivity index (χ0n) is 25.3. The number of amides is 2. The van der Waals surface area contributed by atoms with Crippen molar-refractivity contribution in [2.45, 2.75) is 69.0 Å². The number of hydrogen-bond donors (Lipinski definition) is 6. The van der Waals surface area contributed by atoms with Gasteiger partial charge in [0, 0.05) is 33.5 Å². The summed E-state index contributed by atoms with van der Waals surface area (Å²) in [6, 6.07) is 10.5. The summed E-state index contributed by atoms with van der Waals surface area (Å²) in [6.45, 7) is 9.49. The molecule has 0 spiro atoms. The fourth-order valence-electron chi connectivity index (χ4n) is 4.13. The molecule has 10 nitrogen and oxygen atoms in total. The monoisotopic (exact) mass is 748 g/mol. The molecule has 0 saturated carbocycles. The Kier molecular flexibility index (Phi) is 19.9. The first-order valence-electron chi connectivity index (χ1n) is 15.3. The lowest BCUT2D eigenvalue weighted by Gasteiger charge is -2.08. The molecule has 0 fully saturated rings. The summed E-state index contributed by atoms with van der Waals surface area (Å²) in [5.74, 6) is -0.157. The van der Waals surface area contributed by atoms with Crippen LogP contribution in [0, 0.1) is 3.57 Å². The number of carbonyl (C=O) groups is 2. The van der Waals surface area contributed by atoms with Gasteiger partial charge in [-0.25, -0.2) is 13.1 Å². The number of hydrogen-bond acceptors (Lipinski definition) is 8. The fraction of sp³-hybridized carbons (Fsp3) is 0.600. The Morgan fingerprint density at radius 1 is 0.721 bits per heavy atom. The van der Waals surface area contributed by atoms with Crippen LogP contribution in [0.4, 0.5) is 0 Å². The molecule has 242 valence electrons. The van der Waals surface area contributed by atoms with Gasteiger partial charge in [0.1, 0.15) is 4.21 Å². The topological polar surface area (TPSA) is 140 Å². The molecule has 2 rings (SSSR count). The van der Waals surface area contributed by atoms with E-state index in [9.17, 15) is 18.0 Å². The highest BCUT2D eigenvalue weighted by Crippen LogP contribution is 2.21. The van der Waals surface area contributed by atoms with Crippen molar-refractivity contribution in [3.05, 3.63) is 50.4 Å². The summed E-state index contributed by atoms with van der Waals surface area (Å²) in [5.41, 5.74) is 0.563. The maximum atomic E-state index is 12.6. The van der Waals surface area contributed by atoms with Crippen LogP contribution in [-0.2, 0) is 21.4 Å². The van der Waals surface area contributed by atoms with E-state index in [1.807, 2.05) is 12.1 Å². The second-order valence-electron chi connectivity index (χ2n) is 10.2. The van der Waals surface area contributed by atoms with Crippen LogP contribution in [0.5, 0.6) is 0 Å². The zero-order valence-corrected chi connectivity index (χ0v) is 29.1. The molecule has 43 heavy (non-hydrogen) atoms. The first-order chi connectivity index (χ1) is 20.8. The summed E-state index contributed by atoms with van der Waals surface area (Å²) >= 11 is 3.32. The van der Waals surface area contributed by atoms with E-state index in [2.05, 4.69) is 60.8 Å². The number of carbonyl (C=O) groups excluding carboxylic acids is 2. The molecular weight excluding hydrogens is 699 g/mol. The lowest BCUT2D eigenvalue weighted by Crippen LogP contribution is -2.28. The van der Waals surface area contributed by atoms with Gasteiger partial charge in [-0.3, -0.25) is 9.59 Å². The van der Waals surface area contributed by atoms with Gasteiger partial charge in [0.2, 0.25) is 15.9 Å². The quantitative estimate of drug-likeness (QED) is 0.0675. The van der Waals surface area contributed by atoms with Crippen LogP contribution in [0.2, 0.25) is 0 Å². The Morgan fingerprint density at radius 3 is 2.05 bits per heavy atom. The molecule has 0 aliphatic heterocycles. The van der Waals surface area contributed by atoms with Crippen molar-refractivity contribution in [2.24, 2.45) is 0 Å². The number of unbranched alkanes of at least 4 members (excludes halogenated alkanes) is 3. The molecule has 0 atom stereocenters. The molecule has 0 radical (unpaired) electrons. The number of nitrogens with one attached hydrogen (secondary N) is 6. The van der Waals surface area contributed by atoms with Crippen LogP contribution in [0.25, 0.3) is 0 Å². The number of halogens is 1. The minimum Gasteiger partial charge on any atom is -0.356 e. The molecule has 0 aliphatic carbocycles. The van der Waals surface area contributed by atoms with Crippen molar-refractivity contribution in [3.63, 3.8) is 0 Å². The predicted octanol–water partition coefficient (Wildman–Crippen LogP) is 3.59. The Morgan fingerprint density at radius 2 is 1.35 bits per heavy atom. The van der Waals surface area contributed by atoms with E-state index >= 15 is 0 Å². The molecule has 1 aromatic carbocycles. The maximum Gasteiger partial charge on any atom is 0.251 e.